The second-order valence-electron chi connectivity index (χ2n) is 7.07. The number of hydrogen-bond acceptors (Lipinski definition) is 5. The van der Waals surface area contributed by atoms with E-state index in [9.17, 15) is 4.79 Å². The molecule has 0 aliphatic carbocycles. The standard InChI is InChI=1S/C20H26N2O3S/c1-12(2)10-18-21-14(4)19(26-18)20(23)22-13(3)15-6-7-16-17(11-15)25-9-5-8-24-16/h6-7,11-13H,5,8-10H2,1-4H3,(H,22,23). The van der Waals surface area contributed by atoms with Gasteiger partial charge in [-0.15, -0.1) is 11.3 Å². The quantitative estimate of drug-likeness (QED) is 0.847. The monoisotopic (exact) mass is 374 g/mol. The highest BCUT2D eigenvalue weighted by atomic mass is 32.1. The van der Waals surface area contributed by atoms with Crippen LogP contribution < -0.4 is 14.8 Å². The summed E-state index contributed by atoms with van der Waals surface area (Å²) in [6.45, 7) is 9.50. The fourth-order valence-corrected chi connectivity index (χ4v) is 4.07. The Morgan fingerprint density at radius 1 is 1.23 bits per heavy atom. The molecule has 140 valence electrons. The van der Waals surface area contributed by atoms with Gasteiger partial charge in [-0.3, -0.25) is 4.79 Å². The second-order valence-corrected chi connectivity index (χ2v) is 8.16. The molecule has 6 heteroatoms. The predicted octanol–water partition coefficient (Wildman–Crippen LogP) is 4.30. The van der Waals surface area contributed by atoms with Crippen LogP contribution in [0, 0.1) is 12.8 Å². The number of ether oxygens (including phenoxy) is 2. The summed E-state index contributed by atoms with van der Waals surface area (Å²) in [4.78, 5) is 17.9. The molecule has 1 aromatic heterocycles. The lowest BCUT2D eigenvalue weighted by Crippen LogP contribution is -2.26. The van der Waals surface area contributed by atoms with Crippen molar-refractivity contribution in [1.29, 1.82) is 0 Å². The van der Waals surface area contributed by atoms with Crippen molar-refractivity contribution >= 4 is 17.2 Å². The van der Waals surface area contributed by atoms with Gasteiger partial charge in [-0.2, -0.15) is 0 Å². The summed E-state index contributed by atoms with van der Waals surface area (Å²) in [6, 6.07) is 5.71. The van der Waals surface area contributed by atoms with Crippen molar-refractivity contribution in [3.05, 3.63) is 39.3 Å². The van der Waals surface area contributed by atoms with Gasteiger partial charge in [-0.25, -0.2) is 4.98 Å². The Morgan fingerprint density at radius 2 is 1.96 bits per heavy atom. The highest BCUT2D eigenvalue weighted by Crippen LogP contribution is 2.32. The molecule has 1 aliphatic rings. The molecule has 1 amide bonds. The molecule has 2 heterocycles. The van der Waals surface area contributed by atoms with E-state index in [1.54, 1.807) is 0 Å². The van der Waals surface area contributed by atoms with Crippen LogP contribution in [0.25, 0.3) is 0 Å². The maximum absolute atomic E-state index is 12.7. The summed E-state index contributed by atoms with van der Waals surface area (Å²) in [5.41, 5.74) is 1.79. The van der Waals surface area contributed by atoms with E-state index in [0.717, 1.165) is 40.6 Å². The first kappa shape index (κ1) is 18.7. The third kappa shape index (κ3) is 4.36. The fourth-order valence-electron chi connectivity index (χ4n) is 2.89. The Morgan fingerprint density at radius 3 is 2.69 bits per heavy atom. The number of aryl methyl sites for hydroxylation is 1. The maximum Gasteiger partial charge on any atom is 0.263 e. The third-order valence-corrected chi connectivity index (χ3v) is 5.43. The van der Waals surface area contributed by atoms with Crippen LogP contribution in [-0.4, -0.2) is 24.1 Å². The molecule has 0 fully saturated rings. The zero-order valence-corrected chi connectivity index (χ0v) is 16.6. The molecule has 0 saturated heterocycles. The van der Waals surface area contributed by atoms with Gasteiger partial charge in [0, 0.05) is 12.8 Å². The summed E-state index contributed by atoms with van der Waals surface area (Å²) >= 11 is 1.49. The molecule has 26 heavy (non-hydrogen) atoms. The average Bonchev–Trinajstić information content (AvgIpc) is 2.80. The Labute approximate surface area is 158 Å². The molecule has 3 rings (SSSR count). The zero-order chi connectivity index (χ0) is 18.7. The largest absolute Gasteiger partial charge is 0.490 e. The van der Waals surface area contributed by atoms with E-state index in [1.165, 1.54) is 11.3 Å². The Kier molecular flexibility index (Phi) is 5.81. The Hall–Kier alpha value is -2.08. The normalized spacial score (nSPS) is 14.8. The van der Waals surface area contributed by atoms with Gasteiger partial charge in [0.2, 0.25) is 0 Å². The molecule has 2 aromatic rings. The van der Waals surface area contributed by atoms with Crippen molar-refractivity contribution < 1.29 is 14.3 Å². The van der Waals surface area contributed by atoms with Crippen LogP contribution in [0.15, 0.2) is 18.2 Å². The summed E-state index contributed by atoms with van der Waals surface area (Å²) in [7, 11) is 0. The van der Waals surface area contributed by atoms with Crippen LogP contribution in [0.1, 0.15) is 59.2 Å². The molecule has 0 radical (unpaired) electrons. The number of carbonyl (C=O) groups excluding carboxylic acids is 1. The summed E-state index contributed by atoms with van der Waals surface area (Å²) in [5.74, 6) is 1.96. The Balaban J connectivity index is 1.71. The minimum atomic E-state index is -0.130. The predicted molar refractivity (Wildman–Crippen MR) is 103 cm³/mol. The van der Waals surface area contributed by atoms with E-state index in [-0.39, 0.29) is 11.9 Å². The number of rotatable bonds is 5. The first-order valence-corrected chi connectivity index (χ1v) is 9.92. The number of amides is 1. The van der Waals surface area contributed by atoms with E-state index in [0.29, 0.717) is 24.0 Å². The van der Waals surface area contributed by atoms with E-state index >= 15 is 0 Å². The van der Waals surface area contributed by atoms with Gasteiger partial charge in [0.05, 0.1) is 30.0 Å². The zero-order valence-electron chi connectivity index (χ0n) is 15.8. The summed E-state index contributed by atoms with van der Waals surface area (Å²) < 4.78 is 11.4. The van der Waals surface area contributed by atoms with E-state index in [2.05, 4.69) is 24.1 Å². The number of nitrogens with one attached hydrogen (secondary N) is 1. The molecule has 1 aliphatic heterocycles. The molecule has 1 unspecified atom stereocenters. The van der Waals surface area contributed by atoms with Crippen molar-refractivity contribution in [3.63, 3.8) is 0 Å². The third-order valence-electron chi connectivity index (χ3n) is 4.25. The Bertz CT molecular complexity index is 785. The van der Waals surface area contributed by atoms with Gasteiger partial charge in [0.25, 0.3) is 5.91 Å². The van der Waals surface area contributed by atoms with Gasteiger partial charge in [-0.05, 0) is 37.5 Å². The van der Waals surface area contributed by atoms with Gasteiger partial charge in [0.1, 0.15) is 4.88 Å². The lowest BCUT2D eigenvalue weighted by atomic mass is 10.1. The molecule has 0 saturated carbocycles. The molecule has 1 aromatic carbocycles. The van der Waals surface area contributed by atoms with Gasteiger partial charge >= 0.3 is 0 Å². The number of hydrogen-bond donors (Lipinski definition) is 1. The smallest absolute Gasteiger partial charge is 0.263 e. The average molecular weight is 375 g/mol. The lowest BCUT2D eigenvalue weighted by molar-refractivity contribution is 0.0943. The van der Waals surface area contributed by atoms with Crippen LogP contribution in [0.4, 0.5) is 0 Å². The van der Waals surface area contributed by atoms with Crippen molar-refractivity contribution in [1.82, 2.24) is 10.3 Å². The van der Waals surface area contributed by atoms with Gasteiger partial charge in [-0.1, -0.05) is 19.9 Å². The van der Waals surface area contributed by atoms with Crippen LogP contribution in [-0.2, 0) is 6.42 Å². The van der Waals surface area contributed by atoms with E-state index < -0.39 is 0 Å². The van der Waals surface area contributed by atoms with E-state index in [4.69, 9.17) is 9.47 Å². The number of benzene rings is 1. The highest BCUT2D eigenvalue weighted by Gasteiger charge is 2.19. The highest BCUT2D eigenvalue weighted by molar-refractivity contribution is 7.13. The number of aromatic nitrogens is 1. The van der Waals surface area contributed by atoms with Crippen LogP contribution >= 0.6 is 11.3 Å². The minimum absolute atomic E-state index is 0.0744. The lowest BCUT2D eigenvalue weighted by Gasteiger charge is -2.16. The molecule has 0 spiro atoms. The van der Waals surface area contributed by atoms with Crippen molar-refractivity contribution in [2.45, 2.75) is 46.6 Å². The topological polar surface area (TPSA) is 60.5 Å². The number of carbonyl (C=O) groups is 1. The van der Waals surface area contributed by atoms with Crippen LogP contribution in [0.2, 0.25) is 0 Å². The van der Waals surface area contributed by atoms with Gasteiger partial charge in [0.15, 0.2) is 11.5 Å². The second kappa shape index (κ2) is 8.08. The van der Waals surface area contributed by atoms with Gasteiger partial charge < -0.3 is 14.8 Å². The SMILES string of the molecule is Cc1nc(CC(C)C)sc1C(=O)NC(C)c1ccc2c(c1)OCCCO2. The summed E-state index contributed by atoms with van der Waals surface area (Å²) in [5, 5.41) is 4.10. The number of thiazole rings is 1. The number of fused-ring (bicyclic) bond motifs is 1. The molecule has 5 nitrogen and oxygen atoms in total. The van der Waals surface area contributed by atoms with Crippen molar-refractivity contribution in [3.8, 4) is 11.5 Å². The molecular weight excluding hydrogens is 348 g/mol. The van der Waals surface area contributed by atoms with Crippen molar-refractivity contribution in [2.24, 2.45) is 5.92 Å². The first-order valence-electron chi connectivity index (χ1n) is 9.10. The number of nitrogens with zero attached hydrogens (tertiary/aromatic N) is 1. The van der Waals surface area contributed by atoms with E-state index in [1.807, 2.05) is 32.0 Å². The molecule has 1 atom stereocenters. The maximum atomic E-state index is 12.7. The fraction of sp³-hybridized carbons (Fsp3) is 0.500. The molecule has 0 bridgehead atoms. The van der Waals surface area contributed by atoms with Crippen LogP contribution in [0.3, 0.4) is 0 Å². The summed E-state index contributed by atoms with van der Waals surface area (Å²) in [6.07, 6.45) is 1.77. The van der Waals surface area contributed by atoms with Crippen molar-refractivity contribution in [2.75, 3.05) is 13.2 Å². The molecule has 1 N–H and O–H groups in total. The van der Waals surface area contributed by atoms with Crippen LogP contribution in [0.5, 0.6) is 11.5 Å². The first-order chi connectivity index (χ1) is 12.4. The molecular formula is C20H26N2O3S. The minimum Gasteiger partial charge on any atom is -0.490 e.